The molecule has 0 aromatic carbocycles. The van der Waals surface area contributed by atoms with Gasteiger partial charge in [0.15, 0.2) is 6.29 Å². The molecule has 9 saturated heterocycles. The van der Waals surface area contributed by atoms with Gasteiger partial charge < -0.3 is 229 Å². The van der Waals surface area contributed by atoms with Gasteiger partial charge in [-0.2, -0.15) is 0 Å². The lowest BCUT2D eigenvalue weighted by atomic mass is 9.99. The minimum atomic E-state index is -3.15. The molecule has 0 radical (unpaired) electrons. The highest BCUT2D eigenvalue weighted by molar-refractivity contribution is 5.08. The average molecular weight is 1480 g/mol. The minimum Gasteiger partial charge on any atom is -0.394 e. The Labute approximate surface area is 563 Å². The second-order valence-electron chi connectivity index (χ2n) is 25.7. The standard InChI is InChI=1S/C54H92O46/c55-1-18-27(65)36(74)37(75)46(91-18)100-54(45(83)35(73)26(9-63)99-54)17-90-53(44(82)34(72)25(8-62)98-53)16-89-52(43(81)33(71)24(7-61)97-52)15-88-51(42(80)32(70)23(6-60)96-51)14-87-50(41(79)31(69)22(5-59)95-50)13-86-49(40(78)30(68)21(4-58)94-49)12-85-48(39(77)29(67)20(3-57)93-48)11-84-47(10-64)38(76)28(66)19(2-56)92-47/h18-46,55-83H,1-17H2/t18-,19-,20-,21-,22-,23-,24-,25-,26-,27-,28-,29-,30-,31-,32?,33-,34?,35-,36+,37-,38+,39+,40+,41+,42+,43+,44+,45+,46-,47-,48-,49-,50-,51-,52-,53-,54+/m1/s1. The van der Waals surface area contributed by atoms with E-state index < -0.39 is 336 Å². The van der Waals surface area contributed by atoms with Crippen LogP contribution in [0.4, 0.5) is 0 Å². The highest BCUT2D eigenvalue weighted by Crippen LogP contribution is 2.47. The van der Waals surface area contributed by atoms with E-state index in [9.17, 15) is 148 Å². The van der Waals surface area contributed by atoms with Crippen LogP contribution in [0.3, 0.4) is 0 Å². The summed E-state index contributed by atoms with van der Waals surface area (Å²) in [5, 5.41) is 316. The molecule has 9 heterocycles. The lowest BCUT2D eigenvalue weighted by Gasteiger charge is -2.45. The summed E-state index contributed by atoms with van der Waals surface area (Å²) in [4.78, 5) is 0. The molecule has 9 aliphatic rings. The second-order valence-corrected chi connectivity index (χ2v) is 25.7. The number of ether oxygens (including phenoxy) is 17. The first-order valence-corrected chi connectivity index (χ1v) is 31.4. The molecule has 9 rings (SSSR count). The fourth-order valence-corrected chi connectivity index (χ4v) is 13.2. The molecule has 584 valence electrons. The van der Waals surface area contributed by atoms with Crippen LogP contribution in [-0.2, 0) is 80.5 Å². The number of aliphatic hydroxyl groups excluding tert-OH is 29. The molecular formula is C54H92O46. The van der Waals surface area contributed by atoms with E-state index in [2.05, 4.69) is 0 Å². The van der Waals surface area contributed by atoms with Crippen molar-refractivity contribution in [3.05, 3.63) is 0 Å². The average Bonchev–Trinajstić information content (AvgIpc) is 1.57. The fourth-order valence-electron chi connectivity index (χ4n) is 13.2. The van der Waals surface area contributed by atoms with E-state index in [0.717, 1.165) is 0 Å². The second kappa shape index (κ2) is 32.2. The van der Waals surface area contributed by atoms with Crippen molar-refractivity contribution in [1.29, 1.82) is 0 Å². The lowest BCUT2D eigenvalue weighted by molar-refractivity contribution is -0.407. The molecule has 9 fully saturated rings. The molecule has 0 aromatic heterocycles. The van der Waals surface area contributed by atoms with Crippen LogP contribution >= 0.6 is 0 Å². The molecule has 46 heteroatoms. The first kappa shape index (κ1) is 82.2. The molecule has 2 unspecified atom stereocenters. The molecule has 9 aliphatic heterocycles. The molecule has 0 aliphatic carbocycles. The SMILES string of the molecule is OC[C@H]1O[C@@](CO[C@]2(CO[C@]3(CO[C@]4(CO[C@]5(CO[C@]6(CO[C@]7(CO)O[C@H](CO)[C@@H](O)[C@@H]7O)O[C@H](CO)[C@@H](O)[C@@H]6O)O[C@H](CO)[C@@H](O)[C@@H]5O)O[C@H](CO)[C@@H](O)[C@@H]4O)O[C@H](CO)C(O)[C@@H]3O)O[C@H](CO)[C@@H](O)[C@@H]2O)(OC[C@@]2(O[C@H]3O[C@H](CO)[C@@H](O)[C@H](O)[C@H]3O)O[C@H](CO)[C@@H](O)[C@@H]2O)[C@@H](O)C1O. The largest absolute Gasteiger partial charge is 0.394 e. The van der Waals surface area contributed by atoms with Crippen LogP contribution in [0.2, 0.25) is 0 Å². The van der Waals surface area contributed by atoms with E-state index in [4.69, 9.17) is 80.5 Å². The monoisotopic (exact) mass is 1480 g/mol. The van der Waals surface area contributed by atoms with E-state index in [1.165, 1.54) is 0 Å². The molecule has 46 nitrogen and oxygen atoms in total. The zero-order valence-corrected chi connectivity index (χ0v) is 52.7. The maximum absolute atomic E-state index is 12.0. The Balaban J connectivity index is 1.03. The van der Waals surface area contributed by atoms with Crippen LogP contribution in [0.5, 0.6) is 0 Å². The van der Waals surface area contributed by atoms with Gasteiger partial charge in [-0.15, -0.1) is 0 Å². The smallest absolute Gasteiger partial charge is 0.224 e. The van der Waals surface area contributed by atoms with Crippen molar-refractivity contribution in [1.82, 2.24) is 0 Å². The Kier molecular flexibility index (Phi) is 26.4. The first-order chi connectivity index (χ1) is 47.2. The summed E-state index contributed by atoms with van der Waals surface area (Å²) in [6.45, 7) is -21.6. The Morgan fingerprint density at radius 1 is 0.200 bits per heavy atom. The summed E-state index contributed by atoms with van der Waals surface area (Å²) in [5.41, 5.74) is 0. The zero-order valence-electron chi connectivity index (χ0n) is 52.7. The number of hydrogen-bond donors (Lipinski definition) is 29. The van der Waals surface area contributed by atoms with Gasteiger partial charge in [0.2, 0.25) is 46.3 Å². The summed E-state index contributed by atoms with van der Waals surface area (Å²) in [6.07, 6.45) is -61.9. The summed E-state index contributed by atoms with van der Waals surface area (Å²) >= 11 is 0. The van der Waals surface area contributed by atoms with Crippen LogP contribution in [0.25, 0.3) is 0 Å². The Morgan fingerprint density at radius 2 is 0.380 bits per heavy atom. The van der Waals surface area contributed by atoms with Gasteiger partial charge in [0.1, 0.15) is 224 Å². The quantitative estimate of drug-likeness (QED) is 0.0290. The summed E-state index contributed by atoms with van der Waals surface area (Å²) in [5.74, 6) is -24.1. The molecule has 0 saturated carbocycles. The summed E-state index contributed by atoms with van der Waals surface area (Å²) in [6, 6.07) is 0. The number of hydrogen-bond acceptors (Lipinski definition) is 46. The van der Waals surface area contributed by atoms with Gasteiger partial charge in [0, 0.05) is 0 Å². The van der Waals surface area contributed by atoms with Crippen LogP contribution in [-0.4, -0.2) is 484 Å². The van der Waals surface area contributed by atoms with Crippen LogP contribution in [0.1, 0.15) is 0 Å². The van der Waals surface area contributed by atoms with E-state index in [1.54, 1.807) is 0 Å². The van der Waals surface area contributed by atoms with Crippen LogP contribution in [0.15, 0.2) is 0 Å². The number of aliphatic hydroxyl groups is 29. The Morgan fingerprint density at radius 3 is 0.590 bits per heavy atom. The molecule has 0 amide bonds. The predicted octanol–water partition coefficient (Wildman–Crippen LogP) is -20.6. The van der Waals surface area contributed by atoms with Crippen molar-refractivity contribution in [3.63, 3.8) is 0 Å². The van der Waals surface area contributed by atoms with E-state index in [0.29, 0.717) is 0 Å². The van der Waals surface area contributed by atoms with Crippen LogP contribution < -0.4 is 0 Å². The molecule has 0 spiro atoms. The van der Waals surface area contributed by atoms with Gasteiger partial charge in [-0.25, -0.2) is 0 Å². The van der Waals surface area contributed by atoms with Crippen molar-refractivity contribution < 1.29 is 229 Å². The maximum Gasteiger partial charge on any atom is 0.224 e. The van der Waals surface area contributed by atoms with Gasteiger partial charge in [0.25, 0.3) is 0 Å². The molecule has 0 bridgehead atoms. The first-order valence-electron chi connectivity index (χ1n) is 31.4. The molecule has 100 heavy (non-hydrogen) atoms. The minimum absolute atomic E-state index is 0.949. The third kappa shape index (κ3) is 14.5. The van der Waals surface area contributed by atoms with Crippen molar-refractivity contribution in [2.45, 2.75) is 223 Å². The topological polar surface area (TPSA) is 744 Å². The zero-order chi connectivity index (χ0) is 73.8. The third-order valence-corrected chi connectivity index (χ3v) is 19.5. The van der Waals surface area contributed by atoms with E-state index in [1.807, 2.05) is 0 Å². The Hall–Kier alpha value is -1.84. The van der Waals surface area contributed by atoms with Gasteiger partial charge in [-0.05, 0) is 0 Å². The van der Waals surface area contributed by atoms with Crippen LogP contribution in [0, 0.1) is 0 Å². The van der Waals surface area contributed by atoms with Crippen molar-refractivity contribution >= 4 is 0 Å². The van der Waals surface area contributed by atoms with E-state index >= 15 is 0 Å². The number of rotatable bonds is 33. The van der Waals surface area contributed by atoms with Gasteiger partial charge in [-0.1, -0.05) is 0 Å². The van der Waals surface area contributed by atoms with Gasteiger partial charge in [0.05, 0.1) is 59.5 Å². The van der Waals surface area contributed by atoms with Crippen molar-refractivity contribution in [3.8, 4) is 0 Å². The third-order valence-electron chi connectivity index (χ3n) is 19.5. The van der Waals surface area contributed by atoms with E-state index in [-0.39, 0.29) is 0 Å². The normalized spacial score (nSPS) is 52.7. The highest BCUT2D eigenvalue weighted by atomic mass is 16.9. The Bertz CT molecular complexity index is 2600. The summed E-state index contributed by atoms with van der Waals surface area (Å²) < 4.78 is 99.0. The highest BCUT2D eigenvalue weighted by Gasteiger charge is 2.69. The predicted molar refractivity (Wildman–Crippen MR) is 297 cm³/mol. The van der Waals surface area contributed by atoms with Crippen molar-refractivity contribution in [2.24, 2.45) is 0 Å². The van der Waals surface area contributed by atoms with Gasteiger partial charge in [-0.3, -0.25) is 0 Å². The van der Waals surface area contributed by atoms with Gasteiger partial charge >= 0.3 is 0 Å². The van der Waals surface area contributed by atoms with Crippen molar-refractivity contribution in [2.75, 3.05) is 112 Å². The fraction of sp³-hybridized carbons (Fsp3) is 1.00. The molecule has 29 N–H and O–H groups in total. The molecular weight excluding hydrogens is 1380 g/mol. The maximum atomic E-state index is 12.0. The molecule has 0 aromatic rings. The lowest BCUT2D eigenvalue weighted by Crippen LogP contribution is -2.64. The molecule has 37 atom stereocenters. The summed E-state index contributed by atoms with van der Waals surface area (Å²) in [7, 11) is 0.